The van der Waals surface area contributed by atoms with Gasteiger partial charge in [-0.1, -0.05) is 0 Å². The molecule has 0 aliphatic heterocycles. The van der Waals surface area contributed by atoms with Crippen LogP contribution in [0, 0.1) is 0 Å². The number of H-pyrrole nitrogens is 1. The molecule has 108 valence electrons. The number of nitrogens with zero attached hydrogens (tertiary/aromatic N) is 2. The Kier molecular flexibility index (Phi) is 4.23. The van der Waals surface area contributed by atoms with Gasteiger partial charge in [-0.15, -0.1) is 0 Å². The number of nitrogens with two attached hydrogens (primary N) is 1. The lowest BCUT2D eigenvalue weighted by molar-refractivity contribution is 0.0945. The summed E-state index contributed by atoms with van der Waals surface area (Å²) >= 11 is 1.18. The summed E-state index contributed by atoms with van der Waals surface area (Å²) in [5.41, 5.74) is 7.19. The normalized spacial score (nSPS) is 12.4. The van der Waals surface area contributed by atoms with Crippen LogP contribution < -0.4 is 16.4 Å². The summed E-state index contributed by atoms with van der Waals surface area (Å²) < 4.78 is 4.05. The van der Waals surface area contributed by atoms with Crippen LogP contribution in [0.15, 0.2) is 12.4 Å². The van der Waals surface area contributed by atoms with Crippen molar-refractivity contribution in [3.63, 3.8) is 0 Å². The summed E-state index contributed by atoms with van der Waals surface area (Å²) in [7, 11) is 0. The Morgan fingerprint density at radius 3 is 2.80 bits per heavy atom. The molecule has 0 aliphatic carbocycles. The number of rotatable bonds is 5. The monoisotopic (exact) mass is 294 g/mol. The van der Waals surface area contributed by atoms with E-state index in [4.69, 9.17) is 5.73 Å². The summed E-state index contributed by atoms with van der Waals surface area (Å²) in [5, 5.41) is 13.4. The molecule has 1 amide bonds. The smallest absolute Gasteiger partial charge is 0.258 e. The van der Waals surface area contributed by atoms with Gasteiger partial charge in [0.1, 0.15) is 10.6 Å². The summed E-state index contributed by atoms with van der Waals surface area (Å²) in [5.74, 6) is 0.0307. The van der Waals surface area contributed by atoms with E-state index in [1.807, 2.05) is 20.8 Å². The fraction of sp³-hybridized carbons (Fsp3) is 0.417. The van der Waals surface area contributed by atoms with Crippen LogP contribution >= 0.6 is 11.5 Å². The third-order valence-corrected chi connectivity index (χ3v) is 3.52. The summed E-state index contributed by atoms with van der Waals surface area (Å²) in [6.45, 7) is 5.77. The van der Waals surface area contributed by atoms with Crippen molar-refractivity contribution in [1.29, 1.82) is 0 Å². The van der Waals surface area contributed by atoms with Crippen molar-refractivity contribution in [2.45, 2.75) is 32.9 Å². The van der Waals surface area contributed by atoms with Crippen LogP contribution in [-0.4, -0.2) is 26.5 Å². The van der Waals surface area contributed by atoms with Crippen LogP contribution in [-0.2, 0) is 0 Å². The molecule has 0 aliphatic rings. The van der Waals surface area contributed by atoms with Crippen molar-refractivity contribution in [1.82, 2.24) is 19.9 Å². The molecule has 0 aromatic carbocycles. The molecule has 5 N–H and O–H groups in total. The number of aromatic nitrogens is 3. The van der Waals surface area contributed by atoms with E-state index in [1.54, 1.807) is 12.4 Å². The first-order chi connectivity index (χ1) is 9.49. The highest BCUT2D eigenvalue weighted by Crippen LogP contribution is 2.30. The molecule has 0 bridgehead atoms. The second-order valence-corrected chi connectivity index (χ2v) is 5.57. The molecular formula is C12H18N6OS. The number of carbonyl (C=O) groups is 1. The lowest BCUT2D eigenvalue weighted by atomic mass is 10.2. The zero-order valence-corrected chi connectivity index (χ0v) is 12.4. The topological polar surface area (TPSA) is 109 Å². The molecule has 20 heavy (non-hydrogen) atoms. The summed E-state index contributed by atoms with van der Waals surface area (Å²) in [6.07, 6.45) is 3.53. The van der Waals surface area contributed by atoms with Crippen LogP contribution in [0.5, 0.6) is 0 Å². The van der Waals surface area contributed by atoms with Gasteiger partial charge in [-0.05, 0) is 32.3 Å². The minimum Gasteiger partial charge on any atom is -0.382 e. The van der Waals surface area contributed by atoms with Crippen molar-refractivity contribution in [2.24, 2.45) is 0 Å². The maximum Gasteiger partial charge on any atom is 0.258 e. The van der Waals surface area contributed by atoms with Crippen LogP contribution in [0.2, 0.25) is 0 Å². The van der Waals surface area contributed by atoms with E-state index < -0.39 is 0 Å². The second-order valence-electron chi connectivity index (χ2n) is 4.80. The standard InChI is InChI=1S/C12H18N6OS/c1-6(2)16-11(19)9-10(13)18-20-12(9)17-7(3)8-4-14-15-5-8/h4-7,17H,1-3H3,(H2,13,18)(H,14,15)(H,16,19). The lowest BCUT2D eigenvalue weighted by Gasteiger charge is -2.14. The molecule has 0 saturated heterocycles. The molecule has 2 aromatic heterocycles. The molecular weight excluding hydrogens is 276 g/mol. The first kappa shape index (κ1) is 14.3. The van der Waals surface area contributed by atoms with Gasteiger partial charge in [0.2, 0.25) is 0 Å². The van der Waals surface area contributed by atoms with Crippen LogP contribution in [0.1, 0.15) is 42.7 Å². The molecule has 0 saturated carbocycles. The first-order valence-corrected chi connectivity index (χ1v) is 7.07. The van der Waals surface area contributed by atoms with E-state index in [9.17, 15) is 4.79 Å². The zero-order chi connectivity index (χ0) is 14.7. The van der Waals surface area contributed by atoms with Gasteiger partial charge in [-0.25, -0.2) is 0 Å². The van der Waals surface area contributed by atoms with Crippen LogP contribution in [0.3, 0.4) is 0 Å². The minimum absolute atomic E-state index is 0.000741. The van der Waals surface area contributed by atoms with Crippen molar-refractivity contribution < 1.29 is 4.79 Å². The van der Waals surface area contributed by atoms with E-state index in [2.05, 4.69) is 25.2 Å². The number of nitrogens with one attached hydrogen (secondary N) is 3. The molecule has 2 rings (SSSR count). The molecule has 7 nitrogen and oxygen atoms in total. The Labute approximate surface area is 121 Å². The lowest BCUT2D eigenvalue weighted by Crippen LogP contribution is -2.31. The second kappa shape index (κ2) is 5.91. The van der Waals surface area contributed by atoms with Crippen molar-refractivity contribution in [3.8, 4) is 0 Å². The number of hydrogen-bond donors (Lipinski definition) is 4. The fourth-order valence-electron chi connectivity index (χ4n) is 1.73. The number of amides is 1. The van der Waals surface area contributed by atoms with Gasteiger partial charge in [-0.3, -0.25) is 9.89 Å². The van der Waals surface area contributed by atoms with Crippen molar-refractivity contribution >= 4 is 28.3 Å². The van der Waals surface area contributed by atoms with E-state index in [0.717, 1.165) is 5.56 Å². The molecule has 1 atom stereocenters. The van der Waals surface area contributed by atoms with Crippen molar-refractivity contribution in [3.05, 3.63) is 23.5 Å². The maximum absolute atomic E-state index is 12.1. The fourth-order valence-corrected chi connectivity index (χ4v) is 2.53. The highest BCUT2D eigenvalue weighted by molar-refractivity contribution is 7.11. The minimum atomic E-state index is -0.215. The van der Waals surface area contributed by atoms with E-state index >= 15 is 0 Å². The average molecular weight is 294 g/mol. The number of hydrogen-bond acceptors (Lipinski definition) is 6. The Bertz CT molecular complexity index is 577. The molecule has 8 heteroatoms. The SMILES string of the molecule is CC(C)NC(=O)c1c(N)nsc1NC(C)c1cn[nH]c1. The zero-order valence-electron chi connectivity index (χ0n) is 11.6. The third-order valence-electron chi connectivity index (χ3n) is 2.73. The first-order valence-electron chi connectivity index (χ1n) is 6.30. The molecule has 0 fully saturated rings. The summed E-state index contributed by atoms with van der Waals surface area (Å²) in [4.78, 5) is 12.1. The Morgan fingerprint density at radius 2 is 2.20 bits per heavy atom. The van der Waals surface area contributed by atoms with Gasteiger partial charge in [0, 0.05) is 17.8 Å². The van der Waals surface area contributed by atoms with Gasteiger partial charge in [0.05, 0.1) is 12.2 Å². The largest absolute Gasteiger partial charge is 0.382 e. The maximum atomic E-state index is 12.1. The van der Waals surface area contributed by atoms with Gasteiger partial charge >= 0.3 is 0 Å². The Morgan fingerprint density at radius 1 is 1.45 bits per heavy atom. The Balaban J connectivity index is 2.18. The highest BCUT2D eigenvalue weighted by atomic mass is 32.1. The van der Waals surface area contributed by atoms with E-state index in [0.29, 0.717) is 10.6 Å². The van der Waals surface area contributed by atoms with Crippen molar-refractivity contribution in [2.75, 3.05) is 11.1 Å². The number of nitrogen functional groups attached to an aromatic ring is 1. The molecule has 1 unspecified atom stereocenters. The number of carbonyl (C=O) groups excluding carboxylic acids is 1. The highest BCUT2D eigenvalue weighted by Gasteiger charge is 2.21. The van der Waals surface area contributed by atoms with E-state index in [1.165, 1.54) is 11.5 Å². The molecule has 2 aromatic rings. The van der Waals surface area contributed by atoms with Gasteiger partial charge in [0.15, 0.2) is 5.82 Å². The van der Waals surface area contributed by atoms with Gasteiger partial charge < -0.3 is 16.4 Å². The van der Waals surface area contributed by atoms with Crippen LogP contribution in [0.25, 0.3) is 0 Å². The van der Waals surface area contributed by atoms with Crippen LogP contribution in [0.4, 0.5) is 10.8 Å². The predicted octanol–water partition coefficient (Wildman–Crippen LogP) is 1.76. The molecule has 2 heterocycles. The average Bonchev–Trinajstić information content (AvgIpc) is 2.98. The summed E-state index contributed by atoms with van der Waals surface area (Å²) in [6, 6.07) is 0.0418. The van der Waals surface area contributed by atoms with Gasteiger partial charge in [-0.2, -0.15) is 9.47 Å². The van der Waals surface area contributed by atoms with E-state index in [-0.39, 0.29) is 23.8 Å². The van der Waals surface area contributed by atoms with Gasteiger partial charge in [0.25, 0.3) is 5.91 Å². The number of anilines is 2. The molecule has 0 radical (unpaired) electrons. The number of aromatic amines is 1. The quantitative estimate of drug-likeness (QED) is 0.672. The molecule has 0 spiro atoms. The third kappa shape index (κ3) is 3.08. The Hall–Kier alpha value is -2.09. The predicted molar refractivity (Wildman–Crippen MR) is 79.8 cm³/mol.